The van der Waals surface area contributed by atoms with Gasteiger partial charge >= 0.3 is 0 Å². The van der Waals surface area contributed by atoms with Crippen molar-refractivity contribution in [3.63, 3.8) is 0 Å². The molecule has 3 aromatic carbocycles. The molecule has 0 spiro atoms. The van der Waals surface area contributed by atoms with Crippen LogP contribution < -0.4 is 0 Å². The van der Waals surface area contributed by atoms with E-state index in [-0.39, 0.29) is 10.8 Å². The van der Waals surface area contributed by atoms with Crippen LogP contribution in [0, 0.1) is 0 Å². The fourth-order valence-corrected chi connectivity index (χ4v) is 5.26. The summed E-state index contributed by atoms with van der Waals surface area (Å²) in [4.78, 5) is 0. The Morgan fingerprint density at radius 3 is 2.12 bits per heavy atom. The third-order valence-electron chi connectivity index (χ3n) is 6.32. The first-order valence-electron chi connectivity index (χ1n) is 8.92. The highest BCUT2D eigenvalue weighted by Crippen LogP contribution is 2.58. The lowest BCUT2D eigenvalue weighted by Crippen LogP contribution is -2.18. The summed E-state index contributed by atoms with van der Waals surface area (Å²) in [5, 5.41) is 0.813. The van der Waals surface area contributed by atoms with Crippen LogP contribution in [0.4, 0.5) is 0 Å². The minimum absolute atomic E-state index is 0.00270. The van der Waals surface area contributed by atoms with E-state index >= 15 is 0 Å². The third kappa shape index (κ3) is 1.74. The minimum atomic E-state index is -0.00270. The number of halogens is 1. The summed E-state index contributed by atoms with van der Waals surface area (Å²) in [6.45, 7) is 9.36. The van der Waals surface area contributed by atoms with E-state index in [1.165, 1.54) is 44.5 Å². The van der Waals surface area contributed by atoms with Gasteiger partial charge in [-0.15, -0.1) is 0 Å². The number of rotatable bonds is 0. The van der Waals surface area contributed by atoms with E-state index in [2.05, 4.69) is 76.2 Å². The van der Waals surface area contributed by atoms with Crippen molar-refractivity contribution >= 4 is 11.6 Å². The fraction of sp³-hybridized carbons (Fsp3) is 0.250. The van der Waals surface area contributed by atoms with E-state index in [0.717, 1.165) is 5.02 Å². The first-order chi connectivity index (χ1) is 11.8. The molecule has 0 bridgehead atoms. The lowest BCUT2D eigenvalue weighted by Gasteiger charge is -2.26. The molecule has 0 heterocycles. The SMILES string of the molecule is CC1(C)c2ccc(Cl)cc2-c2c1ccc1c2C(C)(C)c2ccccc2-1. The Bertz CT molecular complexity index is 1050. The molecule has 0 radical (unpaired) electrons. The molecular weight excluding hydrogens is 324 g/mol. The van der Waals surface area contributed by atoms with E-state index in [1.807, 2.05) is 6.07 Å². The quantitative estimate of drug-likeness (QED) is 0.413. The van der Waals surface area contributed by atoms with Crippen molar-refractivity contribution in [2.24, 2.45) is 0 Å². The summed E-state index contributed by atoms with van der Waals surface area (Å²) in [5.74, 6) is 0. The molecule has 0 aliphatic heterocycles. The van der Waals surface area contributed by atoms with Crippen molar-refractivity contribution < 1.29 is 0 Å². The molecule has 5 rings (SSSR count). The van der Waals surface area contributed by atoms with E-state index in [0.29, 0.717) is 0 Å². The molecule has 3 aromatic rings. The third-order valence-corrected chi connectivity index (χ3v) is 6.55. The summed E-state index contributed by atoms with van der Waals surface area (Å²) >= 11 is 6.39. The summed E-state index contributed by atoms with van der Waals surface area (Å²) in [7, 11) is 0. The summed E-state index contributed by atoms with van der Waals surface area (Å²) < 4.78 is 0. The van der Waals surface area contributed by atoms with Crippen molar-refractivity contribution in [2.45, 2.75) is 38.5 Å². The van der Waals surface area contributed by atoms with Gasteiger partial charge in [-0.05, 0) is 56.6 Å². The van der Waals surface area contributed by atoms with E-state index < -0.39 is 0 Å². The van der Waals surface area contributed by atoms with E-state index in [1.54, 1.807) is 0 Å². The van der Waals surface area contributed by atoms with Crippen LogP contribution in [0.25, 0.3) is 22.3 Å². The topological polar surface area (TPSA) is 0 Å². The molecule has 0 aromatic heterocycles. The van der Waals surface area contributed by atoms with Crippen LogP contribution in [0.1, 0.15) is 49.9 Å². The number of fused-ring (bicyclic) bond motifs is 7. The Morgan fingerprint density at radius 1 is 0.640 bits per heavy atom. The zero-order valence-corrected chi connectivity index (χ0v) is 15.8. The van der Waals surface area contributed by atoms with E-state index in [9.17, 15) is 0 Å². The Hall–Kier alpha value is -2.05. The van der Waals surface area contributed by atoms with Gasteiger partial charge in [-0.3, -0.25) is 0 Å². The molecule has 0 saturated heterocycles. The average Bonchev–Trinajstić information content (AvgIpc) is 2.95. The Balaban J connectivity index is 1.94. The van der Waals surface area contributed by atoms with Gasteiger partial charge in [0.2, 0.25) is 0 Å². The molecule has 0 N–H and O–H groups in total. The van der Waals surface area contributed by atoms with Gasteiger partial charge in [0.15, 0.2) is 0 Å². The molecule has 1 heteroatoms. The lowest BCUT2D eigenvalue weighted by atomic mass is 9.77. The second-order valence-electron chi connectivity index (χ2n) is 8.40. The molecule has 124 valence electrons. The van der Waals surface area contributed by atoms with Crippen LogP contribution in [0.3, 0.4) is 0 Å². The smallest absolute Gasteiger partial charge is 0.0412 e. The van der Waals surface area contributed by atoms with Gasteiger partial charge in [0.25, 0.3) is 0 Å². The van der Waals surface area contributed by atoms with Gasteiger partial charge in [-0.2, -0.15) is 0 Å². The van der Waals surface area contributed by atoms with Crippen molar-refractivity contribution in [3.05, 3.63) is 81.9 Å². The first kappa shape index (κ1) is 15.2. The fourth-order valence-electron chi connectivity index (χ4n) is 5.09. The number of hydrogen-bond donors (Lipinski definition) is 0. The normalized spacial score (nSPS) is 17.6. The second-order valence-corrected chi connectivity index (χ2v) is 8.83. The first-order valence-corrected chi connectivity index (χ1v) is 9.29. The second kappa shape index (κ2) is 4.56. The number of hydrogen-bond acceptors (Lipinski definition) is 0. The highest BCUT2D eigenvalue weighted by atomic mass is 35.5. The average molecular weight is 345 g/mol. The summed E-state index contributed by atoms with van der Waals surface area (Å²) in [6.07, 6.45) is 0. The largest absolute Gasteiger partial charge is 0.0843 e. The molecule has 0 fully saturated rings. The van der Waals surface area contributed by atoms with Gasteiger partial charge in [0, 0.05) is 15.9 Å². The van der Waals surface area contributed by atoms with Crippen LogP contribution in [-0.4, -0.2) is 0 Å². The van der Waals surface area contributed by atoms with Crippen LogP contribution in [0.2, 0.25) is 5.02 Å². The monoisotopic (exact) mass is 344 g/mol. The van der Waals surface area contributed by atoms with Gasteiger partial charge in [-0.25, -0.2) is 0 Å². The van der Waals surface area contributed by atoms with E-state index in [4.69, 9.17) is 11.6 Å². The standard InChI is InChI=1S/C24H21Cl/c1-23(2)19-11-9-14(25)13-17(19)21-20(23)12-10-16-15-7-5-6-8-18(15)24(3,4)22(16)21/h5-13H,1-4H3. The number of benzene rings is 3. The predicted molar refractivity (Wildman–Crippen MR) is 107 cm³/mol. The Morgan fingerprint density at radius 2 is 1.32 bits per heavy atom. The molecule has 2 aliphatic carbocycles. The van der Waals surface area contributed by atoms with Crippen molar-refractivity contribution in [2.75, 3.05) is 0 Å². The maximum absolute atomic E-state index is 6.39. The zero-order valence-electron chi connectivity index (χ0n) is 15.1. The van der Waals surface area contributed by atoms with Crippen LogP contribution in [0.15, 0.2) is 54.6 Å². The molecule has 0 saturated carbocycles. The molecule has 0 amide bonds. The van der Waals surface area contributed by atoms with Crippen molar-refractivity contribution in [3.8, 4) is 22.3 Å². The molecule has 0 atom stereocenters. The molecule has 0 nitrogen and oxygen atoms in total. The Kier molecular flexibility index (Phi) is 2.78. The maximum atomic E-state index is 6.39. The van der Waals surface area contributed by atoms with Crippen molar-refractivity contribution in [1.82, 2.24) is 0 Å². The summed E-state index contributed by atoms with van der Waals surface area (Å²) in [5.41, 5.74) is 11.2. The van der Waals surface area contributed by atoms with Gasteiger partial charge in [0.1, 0.15) is 0 Å². The summed E-state index contributed by atoms with van der Waals surface area (Å²) in [6, 6.07) is 19.9. The molecule has 25 heavy (non-hydrogen) atoms. The van der Waals surface area contributed by atoms with Gasteiger partial charge < -0.3 is 0 Å². The Labute approximate surface area is 154 Å². The molecular formula is C24H21Cl. The van der Waals surface area contributed by atoms with Gasteiger partial charge in [-0.1, -0.05) is 81.8 Å². The van der Waals surface area contributed by atoms with Crippen molar-refractivity contribution in [1.29, 1.82) is 0 Å². The predicted octanol–water partition coefficient (Wildman–Crippen LogP) is 6.95. The van der Waals surface area contributed by atoms with Gasteiger partial charge in [0.05, 0.1) is 0 Å². The highest BCUT2D eigenvalue weighted by molar-refractivity contribution is 6.31. The van der Waals surface area contributed by atoms with Crippen LogP contribution >= 0.6 is 11.6 Å². The minimum Gasteiger partial charge on any atom is -0.0843 e. The lowest BCUT2D eigenvalue weighted by molar-refractivity contribution is 0.647. The molecule has 2 aliphatic rings. The zero-order chi connectivity index (χ0) is 17.6. The highest BCUT2D eigenvalue weighted by Gasteiger charge is 2.44. The molecule has 0 unspecified atom stereocenters. The van der Waals surface area contributed by atoms with Crippen LogP contribution in [0.5, 0.6) is 0 Å². The maximum Gasteiger partial charge on any atom is 0.0412 e. The van der Waals surface area contributed by atoms with Crippen LogP contribution in [-0.2, 0) is 10.8 Å².